The molecule has 0 amide bonds. The highest BCUT2D eigenvalue weighted by Gasteiger charge is 2.17. The van der Waals surface area contributed by atoms with Crippen LogP contribution in [0.15, 0.2) is 12.3 Å². The van der Waals surface area contributed by atoms with Crippen LogP contribution in [0.1, 0.15) is 29.3 Å². The average Bonchev–Trinajstić information content (AvgIpc) is 2.49. The third-order valence-corrected chi connectivity index (χ3v) is 2.61. The van der Waals surface area contributed by atoms with Gasteiger partial charge >= 0.3 is 0 Å². The van der Waals surface area contributed by atoms with Gasteiger partial charge in [-0.15, -0.1) is 0 Å². The second-order valence-electron chi connectivity index (χ2n) is 3.47. The van der Waals surface area contributed by atoms with Crippen molar-refractivity contribution in [1.29, 1.82) is 0 Å². The molecular weight excluding hydrogens is 165 g/mol. The number of aromatic nitrogens is 1. The van der Waals surface area contributed by atoms with E-state index < -0.39 is 0 Å². The van der Waals surface area contributed by atoms with Crippen LogP contribution in [0.25, 0.3) is 5.57 Å². The summed E-state index contributed by atoms with van der Waals surface area (Å²) in [7, 11) is 0. The first-order valence-corrected chi connectivity index (χ1v) is 4.44. The van der Waals surface area contributed by atoms with Gasteiger partial charge in [-0.25, -0.2) is 4.39 Å². The van der Waals surface area contributed by atoms with Gasteiger partial charge in [0.15, 0.2) is 0 Å². The van der Waals surface area contributed by atoms with E-state index in [4.69, 9.17) is 0 Å². The summed E-state index contributed by atoms with van der Waals surface area (Å²) in [6.45, 7) is 3.54. The van der Waals surface area contributed by atoms with Crippen molar-refractivity contribution in [2.75, 3.05) is 0 Å². The van der Waals surface area contributed by atoms with E-state index in [1.807, 2.05) is 13.8 Å². The highest BCUT2D eigenvalue weighted by Crippen LogP contribution is 2.30. The molecule has 0 fully saturated rings. The Balaban J connectivity index is 2.67. The quantitative estimate of drug-likeness (QED) is 0.642. The van der Waals surface area contributed by atoms with E-state index in [0.717, 1.165) is 28.8 Å². The molecule has 1 aliphatic carbocycles. The van der Waals surface area contributed by atoms with Gasteiger partial charge in [-0.2, -0.15) is 0 Å². The second kappa shape index (κ2) is 2.95. The van der Waals surface area contributed by atoms with Gasteiger partial charge in [0.2, 0.25) is 0 Å². The van der Waals surface area contributed by atoms with Gasteiger partial charge in [0.1, 0.15) is 6.67 Å². The van der Waals surface area contributed by atoms with Crippen LogP contribution in [0.4, 0.5) is 4.39 Å². The number of aryl methyl sites for hydroxylation is 1. The van der Waals surface area contributed by atoms with Crippen LogP contribution in [0.5, 0.6) is 0 Å². The number of hydrogen-bond donors (Lipinski definition) is 0. The fourth-order valence-electron chi connectivity index (χ4n) is 1.83. The molecule has 2 rings (SSSR count). The zero-order valence-electron chi connectivity index (χ0n) is 7.89. The van der Waals surface area contributed by atoms with Crippen molar-refractivity contribution in [2.24, 2.45) is 0 Å². The smallest absolute Gasteiger partial charge is 0.115 e. The maximum atomic E-state index is 12.8. The van der Waals surface area contributed by atoms with E-state index >= 15 is 0 Å². The van der Waals surface area contributed by atoms with E-state index in [1.165, 1.54) is 5.57 Å². The van der Waals surface area contributed by atoms with Gasteiger partial charge in [-0.1, -0.05) is 6.08 Å². The lowest BCUT2D eigenvalue weighted by Crippen LogP contribution is -1.98. The number of fused-ring (bicyclic) bond motifs is 1. The minimum Gasteiger partial charge on any atom is -0.260 e. The Labute approximate surface area is 77.3 Å². The molecule has 1 aromatic rings. The highest BCUT2D eigenvalue weighted by atomic mass is 19.1. The Kier molecular flexibility index (Phi) is 1.91. The fourth-order valence-corrected chi connectivity index (χ4v) is 1.83. The highest BCUT2D eigenvalue weighted by molar-refractivity contribution is 5.73. The molecule has 1 aliphatic rings. The molecule has 1 aromatic heterocycles. The van der Waals surface area contributed by atoms with Crippen molar-refractivity contribution in [1.82, 2.24) is 4.98 Å². The van der Waals surface area contributed by atoms with Gasteiger partial charge in [0.05, 0.1) is 5.69 Å². The second-order valence-corrected chi connectivity index (χ2v) is 3.47. The molecule has 0 bridgehead atoms. The zero-order valence-corrected chi connectivity index (χ0v) is 7.89. The maximum Gasteiger partial charge on any atom is 0.115 e. The van der Waals surface area contributed by atoms with Gasteiger partial charge in [0, 0.05) is 18.2 Å². The van der Waals surface area contributed by atoms with Crippen LogP contribution in [-0.2, 0) is 13.1 Å². The summed E-state index contributed by atoms with van der Waals surface area (Å²) in [6.07, 6.45) is 4.73. The van der Waals surface area contributed by atoms with Gasteiger partial charge < -0.3 is 0 Å². The Hall–Kier alpha value is -1.18. The van der Waals surface area contributed by atoms with E-state index in [9.17, 15) is 4.39 Å². The summed E-state index contributed by atoms with van der Waals surface area (Å²) in [6, 6.07) is 0. The molecule has 0 saturated carbocycles. The molecule has 0 aliphatic heterocycles. The van der Waals surface area contributed by atoms with Crippen LogP contribution in [0.3, 0.4) is 0 Å². The number of allylic oxidation sites excluding steroid dienone is 2. The fraction of sp³-hybridized carbons (Fsp3) is 0.364. The zero-order chi connectivity index (χ0) is 9.42. The van der Waals surface area contributed by atoms with Crippen molar-refractivity contribution in [3.63, 3.8) is 0 Å². The number of pyridine rings is 1. The molecule has 2 heteroatoms. The van der Waals surface area contributed by atoms with Gasteiger partial charge in [-0.05, 0) is 30.5 Å². The molecule has 1 nitrogen and oxygen atoms in total. The summed E-state index contributed by atoms with van der Waals surface area (Å²) < 4.78 is 12.8. The Morgan fingerprint density at radius 3 is 2.92 bits per heavy atom. The van der Waals surface area contributed by atoms with Crippen LogP contribution < -0.4 is 0 Å². The largest absolute Gasteiger partial charge is 0.260 e. The number of nitrogens with zero attached hydrogens (tertiary/aromatic N) is 1. The van der Waals surface area contributed by atoms with Crippen molar-refractivity contribution >= 4 is 5.57 Å². The van der Waals surface area contributed by atoms with E-state index in [-0.39, 0.29) is 6.67 Å². The van der Waals surface area contributed by atoms with Crippen LogP contribution in [-0.4, -0.2) is 4.98 Å². The van der Waals surface area contributed by atoms with Gasteiger partial charge in [-0.3, -0.25) is 4.98 Å². The summed E-state index contributed by atoms with van der Waals surface area (Å²) in [4.78, 5) is 4.30. The molecule has 68 valence electrons. The lowest BCUT2D eigenvalue weighted by Gasteiger charge is -2.09. The van der Waals surface area contributed by atoms with Crippen LogP contribution in [0, 0.1) is 6.92 Å². The molecule has 0 radical (unpaired) electrons. The minimum atomic E-state index is -0.387. The Morgan fingerprint density at radius 2 is 2.23 bits per heavy atom. The number of hydrogen-bond acceptors (Lipinski definition) is 1. The van der Waals surface area contributed by atoms with E-state index in [0.29, 0.717) is 0 Å². The third-order valence-electron chi connectivity index (χ3n) is 2.61. The monoisotopic (exact) mass is 177 g/mol. The number of halogens is 1. The predicted molar refractivity (Wildman–Crippen MR) is 51.1 cm³/mol. The first kappa shape index (κ1) is 8.42. The Bertz CT molecular complexity index is 380. The summed E-state index contributed by atoms with van der Waals surface area (Å²) >= 11 is 0. The summed E-state index contributed by atoms with van der Waals surface area (Å²) in [5.74, 6) is 0. The van der Waals surface area contributed by atoms with Gasteiger partial charge in [0.25, 0.3) is 0 Å². The van der Waals surface area contributed by atoms with Crippen molar-refractivity contribution < 1.29 is 4.39 Å². The number of alkyl halides is 1. The topological polar surface area (TPSA) is 12.9 Å². The van der Waals surface area contributed by atoms with Crippen molar-refractivity contribution in [3.8, 4) is 0 Å². The summed E-state index contributed by atoms with van der Waals surface area (Å²) in [5.41, 5.74) is 5.00. The standard InChI is InChI=1S/C11H12FN/c1-7-3-4-10-11(7)9(5-12)8(2)6-13-10/h3,6H,4-5H2,1-2H3. The summed E-state index contributed by atoms with van der Waals surface area (Å²) in [5, 5.41) is 0. The first-order valence-electron chi connectivity index (χ1n) is 4.44. The van der Waals surface area contributed by atoms with Crippen molar-refractivity contribution in [2.45, 2.75) is 26.9 Å². The van der Waals surface area contributed by atoms with Crippen LogP contribution in [0.2, 0.25) is 0 Å². The van der Waals surface area contributed by atoms with Crippen molar-refractivity contribution in [3.05, 3.63) is 34.7 Å². The molecule has 0 spiro atoms. The third kappa shape index (κ3) is 1.17. The average molecular weight is 177 g/mol. The van der Waals surface area contributed by atoms with E-state index in [1.54, 1.807) is 6.20 Å². The molecule has 0 atom stereocenters. The Morgan fingerprint density at radius 1 is 1.46 bits per heavy atom. The maximum absolute atomic E-state index is 12.8. The first-order chi connectivity index (χ1) is 6.24. The molecule has 0 N–H and O–H groups in total. The molecule has 1 heterocycles. The molecule has 13 heavy (non-hydrogen) atoms. The molecule has 0 unspecified atom stereocenters. The van der Waals surface area contributed by atoms with Crippen LogP contribution >= 0.6 is 0 Å². The van der Waals surface area contributed by atoms with E-state index in [2.05, 4.69) is 11.1 Å². The molecule has 0 aromatic carbocycles. The SMILES string of the molecule is CC1=CCc2ncc(C)c(CF)c21. The normalized spacial score (nSPS) is 14.2. The molecular formula is C11H12FN. The lowest BCUT2D eigenvalue weighted by atomic mass is 10.0. The minimum absolute atomic E-state index is 0.387. The molecule has 0 saturated heterocycles. The number of rotatable bonds is 1. The lowest BCUT2D eigenvalue weighted by molar-refractivity contribution is 0.482. The predicted octanol–water partition coefficient (Wildman–Crippen LogP) is 2.82.